The molecular weight excluding hydrogens is 286 g/mol. The first kappa shape index (κ1) is 15.6. The van der Waals surface area contributed by atoms with E-state index in [0.29, 0.717) is 30.5 Å². The topological polar surface area (TPSA) is 33.5 Å². The van der Waals surface area contributed by atoms with Crippen molar-refractivity contribution in [3.63, 3.8) is 0 Å². The highest BCUT2D eigenvalue weighted by atomic mass is 35.5. The van der Waals surface area contributed by atoms with Gasteiger partial charge in [0.15, 0.2) is 0 Å². The van der Waals surface area contributed by atoms with Crippen LogP contribution in [0.5, 0.6) is 0 Å². The van der Waals surface area contributed by atoms with E-state index >= 15 is 0 Å². The van der Waals surface area contributed by atoms with E-state index in [0.717, 1.165) is 11.3 Å². The summed E-state index contributed by atoms with van der Waals surface area (Å²) in [5.41, 5.74) is 1.06. The second kappa shape index (κ2) is 7.32. The molecule has 0 fully saturated rings. The Bertz CT molecular complexity index is 561. The number of carbonyl (C=O) groups is 1. The summed E-state index contributed by atoms with van der Waals surface area (Å²) in [7, 11) is 0. The van der Waals surface area contributed by atoms with E-state index in [9.17, 15) is 4.79 Å². The zero-order valence-corrected chi connectivity index (χ0v) is 13.1. The Kier molecular flexibility index (Phi) is 5.45. The van der Waals surface area contributed by atoms with Crippen LogP contribution in [0.3, 0.4) is 0 Å². The van der Waals surface area contributed by atoms with Gasteiger partial charge in [0.1, 0.15) is 5.76 Å². The van der Waals surface area contributed by atoms with Gasteiger partial charge in [0, 0.05) is 18.0 Å². The fraction of sp³-hybridized carbons (Fsp3) is 0.353. The minimum Gasteiger partial charge on any atom is -0.467 e. The second-order valence-electron chi connectivity index (χ2n) is 5.55. The molecule has 0 bridgehead atoms. The summed E-state index contributed by atoms with van der Waals surface area (Å²) in [5, 5.41) is 0.699. The van der Waals surface area contributed by atoms with Crippen molar-refractivity contribution in [1.82, 2.24) is 4.90 Å². The number of hydrogen-bond acceptors (Lipinski definition) is 2. The van der Waals surface area contributed by atoms with Gasteiger partial charge in [0.25, 0.3) is 0 Å². The number of rotatable bonds is 6. The fourth-order valence-corrected chi connectivity index (χ4v) is 2.24. The van der Waals surface area contributed by atoms with Crippen molar-refractivity contribution in [3.05, 3.63) is 59.0 Å². The summed E-state index contributed by atoms with van der Waals surface area (Å²) in [4.78, 5) is 14.2. The van der Waals surface area contributed by atoms with Gasteiger partial charge in [0.2, 0.25) is 5.91 Å². The van der Waals surface area contributed by atoms with Crippen LogP contribution in [0.1, 0.15) is 31.6 Å². The molecule has 0 N–H and O–H groups in total. The maximum absolute atomic E-state index is 12.4. The summed E-state index contributed by atoms with van der Waals surface area (Å²) in [6.45, 7) is 5.14. The Morgan fingerprint density at radius 1 is 1.19 bits per heavy atom. The summed E-state index contributed by atoms with van der Waals surface area (Å²) < 4.78 is 5.36. The molecule has 0 spiro atoms. The molecule has 0 aliphatic carbocycles. The van der Waals surface area contributed by atoms with Crippen molar-refractivity contribution in [2.45, 2.75) is 33.4 Å². The summed E-state index contributed by atoms with van der Waals surface area (Å²) in [6, 6.07) is 11.3. The minimum absolute atomic E-state index is 0.136. The third kappa shape index (κ3) is 4.94. The van der Waals surface area contributed by atoms with E-state index in [2.05, 4.69) is 0 Å². The molecule has 0 saturated carbocycles. The highest BCUT2D eigenvalue weighted by Gasteiger charge is 2.17. The van der Waals surface area contributed by atoms with Crippen molar-refractivity contribution >= 4 is 17.5 Å². The maximum atomic E-state index is 12.4. The van der Waals surface area contributed by atoms with E-state index in [4.69, 9.17) is 16.0 Å². The number of nitrogens with zero attached hydrogens (tertiary/aromatic N) is 1. The first-order valence-electron chi connectivity index (χ1n) is 7.09. The van der Waals surface area contributed by atoms with Crippen molar-refractivity contribution in [3.8, 4) is 0 Å². The largest absolute Gasteiger partial charge is 0.467 e. The predicted octanol–water partition coefficient (Wildman–Crippen LogP) is 4.51. The Balaban J connectivity index is 2.10. The summed E-state index contributed by atoms with van der Waals surface area (Å²) in [5.74, 6) is 1.26. The van der Waals surface area contributed by atoms with Gasteiger partial charge in [-0.25, -0.2) is 0 Å². The predicted molar refractivity (Wildman–Crippen MR) is 83.9 cm³/mol. The lowest BCUT2D eigenvalue weighted by Gasteiger charge is -2.23. The molecule has 2 aromatic rings. The molecule has 0 atom stereocenters. The lowest BCUT2D eigenvalue weighted by atomic mass is 10.1. The average molecular weight is 306 g/mol. The number of hydrogen-bond donors (Lipinski definition) is 0. The standard InChI is InChI=1S/C17H20ClNO2/c1-13(2)10-17(20)19(12-16-4-3-9-21-16)11-14-5-7-15(18)8-6-14/h3-9,13H,10-12H2,1-2H3. The van der Waals surface area contributed by atoms with E-state index in [1.54, 1.807) is 6.26 Å². The van der Waals surface area contributed by atoms with Gasteiger partial charge in [-0.15, -0.1) is 0 Å². The number of amides is 1. The Morgan fingerprint density at radius 2 is 1.90 bits per heavy atom. The molecule has 0 unspecified atom stereocenters. The van der Waals surface area contributed by atoms with Crippen LogP contribution in [0.25, 0.3) is 0 Å². The van der Waals surface area contributed by atoms with Crippen LogP contribution in [0.15, 0.2) is 47.1 Å². The zero-order valence-electron chi connectivity index (χ0n) is 12.4. The number of halogens is 1. The lowest BCUT2D eigenvalue weighted by molar-refractivity contribution is -0.133. The van der Waals surface area contributed by atoms with Crippen LogP contribution in [0, 0.1) is 5.92 Å². The molecule has 0 saturated heterocycles. The van der Waals surface area contributed by atoms with E-state index in [1.165, 1.54) is 0 Å². The van der Waals surface area contributed by atoms with Crippen LogP contribution in [-0.4, -0.2) is 10.8 Å². The third-order valence-corrected chi connectivity index (χ3v) is 3.40. The molecule has 4 heteroatoms. The third-order valence-electron chi connectivity index (χ3n) is 3.15. The number of carbonyl (C=O) groups excluding carboxylic acids is 1. The van der Waals surface area contributed by atoms with Crippen LogP contribution < -0.4 is 0 Å². The summed E-state index contributed by atoms with van der Waals surface area (Å²) >= 11 is 5.90. The monoisotopic (exact) mass is 305 g/mol. The van der Waals surface area contributed by atoms with Gasteiger partial charge < -0.3 is 9.32 Å². The van der Waals surface area contributed by atoms with E-state index < -0.39 is 0 Å². The Labute approximate surface area is 130 Å². The number of furan rings is 1. The van der Waals surface area contributed by atoms with Gasteiger partial charge in [-0.1, -0.05) is 37.6 Å². The van der Waals surface area contributed by atoms with Gasteiger partial charge >= 0.3 is 0 Å². The van der Waals surface area contributed by atoms with Crippen LogP contribution in [0.4, 0.5) is 0 Å². The first-order valence-corrected chi connectivity index (χ1v) is 7.47. The lowest BCUT2D eigenvalue weighted by Crippen LogP contribution is -2.30. The zero-order chi connectivity index (χ0) is 15.2. The van der Waals surface area contributed by atoms with Gasteiger partial charge in [-0.3, -0.25) is 4.79 Å². The Morgan fingerprint density at radius 3 is 2.48 bits per heavy atom. The van der Waals surface area contributed by atoms with Gasteiger partial charge in [0.05, 0.1) is 12.8 Å². The van der Waals surface area contributed by atoms with Crippen molar-refractivity contribution < 1.29 is 9.21 Å². The second-order valence-corrected chi connectivity index (χ2v) is 5.99. The van der Waals surface area contributed by atoms with Crippen molar-refractivity contribution in [2.75, 3.05) is 0 Å². The molecule has 1 amide bonds. The van der Waals surface area contributed by atoms with Crippen LogP contribution in [0.2, 0.25) is 5.02 Å². The van der Waals surface area contributed by atoms with Gasteiger partial charge in [-0.2, -0.15) is 0 Å². The first-order chi connectivity index (χ1) is 10.0. The molecule has 3 nitrogen and oxygen atoms in total. The normalized spacial score (nSPS) is 10.9. The van der Waals surface area contributed by atoms with Crippen molar-refractivity contribution in [2.24, 2.45) is 5.92 Å². The molecule has 0 radical (unpaired) electrons. The molecular formula is C17H20ClNO2. The quantitative estimate of drug-likeness (QED) is 0.787. The molecule has 0 aliphatic heterocycles. The summed E-state index contributed by atoms with van der Waals surface area (Å²) in [6.07, 6.45) is 2.16. The minimum atomic E-state index is 0.136. The smallest absolute Gasteiger partial charge is 0.223 e. The fourth-order valence-electron chi connectivity index (χ4n) is 2.11. The molecule has 1 aromatic carbocycles. The Hall–Kier alpha value is -1.74. The van der Waals surface area contributed by atoms with Crippen LogP contribution in [-0.2, 0) is 17.9 Å². The average Bonchev–Trinajstić information content (AvgIpc) is 2.92. The molecule has 1 heterocycles. The molecule has 112 valence electrons. The molecule has 1 aromatic heterocycles. The number of benzene rings is 1. The molecule has 2 rings (SSSR count). The van der Waals surface area contributed by atoms with E-state index in [-0.39, 0.29) is 5.91 Å². The molecule has 0 aliphatic rings. The van der Waals surface area contributed by atoms with Gasteiger partial charge in [-0.05, 0) is 35.7 Å². The highest BCUT2D eigenvalue weighted by Crippen LogP contribution is 2.16. The highest BCUT2D eigenvalue weighted by molar-refractivity contribution is 6.30. The van der Waals surface area contributed by atoms with Crippen LogP contribution >= 0.6 is 11.6 Å². The van der Waals surface area contributed by atoms with Crippen molar-refractivity contribution in [1.29, 1.82) is 0 Å². The molecule has 21 heavy (non-hydrogen) atoms. The SMILES string of the molecule is CC(C)CC(=O)N(Cc1ccc(Cl)cc1)Cc1ccco1. The maximum Gasteiger partial charge on any atom is 0.223 e. The van der Waals surface area contributed by atoms with E-state index in [1.807, 2.05) is 55.1 Å².